The van der Waals surface area contributed by atoms with Crippen LogP contribution in [0.1, 0.15) is 43.9 Å². The van der Waals surface area contributed by atoms with E-state index in [9.17, 15) is 27.6 Å². The summed E-state index contributed by atoms with van der Waals surface area (Å²) in [5, 5.41) is 5.80. The van der Waals surface area contributed by atoms with Gasteiger partial charge in [0.1, 0.15) is 11.4 Å². The number of hydrogen-bond acceptors (Lipinski definition) is 9. The molecule has 2 aromatic carbocycles. The molecule has 0 unspecified atom stereocenters. The Morgan fingerprint density at radius 1 is 1.07 bits per heavy atom. The minimum Gasteiger partial charge on any atom is -0.383 e. The Kier molecular flexibility index (Phi) is 9.82. The highest BCUT2D eigenvalue weighted by Crippen LogP contribution is 2.28. The summed E-state index contributed by atoms with van der Waals surface area (Å²) in [5.74, 6) is -1.53. The smallest absolute Gasteiger partial charge is 0.253 e. The Morgan fingerprint density at radius 3 is 2.29 bits per heavy atom. The van der Waals surface area contributed by atoms with Gasteiger partial charge in [-0.1, -0.05) is 35.9 Å². The molecule has 42 heavy (non-hydrogen) atoms. The summed E-state index contributed by atoms with van der Waals surface area (Å²) in [4.78, 5) is 56.4. The third-order valence-electron chi connectivity index (χ3n) is 7.33. The molecule has 1 fully saturated rings. The van der Waals surface area contributed by atoms with Crippen molar-refractivity contribution in [3.63, 3.8) is 0 Å². The van der Waals surface area contributed by atoms with Crippen LogP contribution in [0.3, 0.4) is 0 Å². The number of ketones is 2. The topological polar surface area (TPSA) is 142 Å². The number of sulfone groups is 1. The lowest BCUT2D eigenvalue weighted by molar-refractivity contribution is -0.131. The van der Waals surface area contributed by atoms with E-state index >= 15 is 0 Å². The number of Topliss-reactive ketones (excluding diaryl/α,β-unsaturated/α-hetero) is 2. The van der Waals surface area contributed by atoms with Crippen LogP contribution in [0.2, 0.25) is 5.02 Å². The SMILES string of the molecule is CNC1=C(N(CCOC)C(=O)CN2CCC(NC(=O)c3ccc(S(C)(=O)=O)cc3Cl)CC2)C(=O)c2ccccc2C1=O. The molecule has 1 aliphatic carbocycles. The number of amides is 2. The lowest BCUT2D eigenvalue weighted by Crippen LogP contribution is -2.49. The second-order valence-electron chi connectivity index (χ2n) is 10.2. The molecule has 13 heteroatoms. The molecule has 1 heterocycles. The highest BCUT2D eigenvalue weighted by atomic mass is 35.5. The Balaban J connectivity index is 1.42. The molecule has 4 rings (SSSR count). The summed E-state index contributed by atoms with van der Waals surface area (Å²) in [6.07, 6.45) is 2.19. The minimum absolute atomic E-state index is 0.00386. The molecule has 2 N–H and O–H groups in total. The molecule has 0 spiro atoms. The van der Waals surface area contributed by atoms with Crippen molar-refractivity contribution in [1.29, 1.82) is 0 Å². The number of carbonyl (C=O) groups excluding carboxylic acids is 4. The van der Waals surface area contributed by atoms with E-state index < -0.39 is 21.5 Å². The van der Waals surface area contributed by atoms with Crippen LogP contribution >= 0.6 is 11.6 Å². The van der Waals surface area contributed by atoms with Crippen LogP contribution < -0.4 is 10.6 Å². The molecule has 2 aliphatic rings. The number of allylic oxidation sites excluding steroid dienone is 2. The number of ether oxygens (including phenoxy) is 1. The maximum absolute atomic E-state index is 13.6. The fourth-order valence-electron chi connectivity index (χ4n) is 5.08. The van der Waals surface area contributed by atoms with E-state index in [-0.39, 0.29) is 75.4 Å². The fraction of sp³-hybridized carbons (Fsp3) is 0.379. The summed E-state index contributed by atoms with van der Waals surface area (Å²) in [6.45, 7) is 1.26. The van der Waals surface area contributed by atoms with Gasteiger partial charge in [0, 0.05) is 57.2 Å². The summed E-state index contributed by atoms with van der Waals surface area (Å²) in [6, 6.07) is 10.3. The molecule has 11 nitrogen and oxygen atoms in total. The number of nitrogens with one attached hydrogen (secondary N) is 2. The summed E-state index contributed by atoms with van der Waals surface area (Å²) < 4.78 is 28.7. The van der Waals surface area contributed by atoms with E-state index in [0.29, 0.717) is 25.9 Å². The monoisotopic (exact) mass is 616 g/mol. The molecule has 2 aromatic rings. The minimum atomic E-state index is -3.45. The molecule has 0 saturated carbocycles. The quantitative estimate of drug-likeness (QED) is 0.409. The summed E-state index contributed by atoms with van der Waals surface area (Å²) >= 11 is 6.19. The number of nitrogens with zero attached hydrogens (tertiary/aromatic N) is 2. The van der Waals surface area contributed by atoms with Gasteiger partial charge in [0.15, 0.2) is 9.84 Å². The molecule has 2 amide bonds. The number of rotatable bonds is 10. The van der Waals surface area contributed by atoms with Crippen LogP contribution in [0.5, 0.6) is 0 Å². The molecule has 0 bridgehead atoms. The van der Waals surface area contributed by atoms with Gasteiger partial charge in [-0.05, 0) is 31.0 Å². The van der Waals surface area contributed by atoms with E-state index in [1.165, 1.54) is 30.2 Å². The van der Waals surface area contributed by atoms with Gasteiger partial charge in [0.25, 0.3) is 5.91 Å². The molecule has 0 radical (unpaired) electrons. The predicted octanol–water partition coefficient (Wildman–Crippen LogP) is 1.92. The van der Waals surface area contributed by atoms with Crippen molar-refractivity contribution in [2.24, 2.45) is 0 Å². The van der Waals surface area contributed by atoms with Gasteiger partial charge in [0.2, 0.25) is 17.5 Å². The number of halogens is 1. The molecular formula is C29H33ClN4O7S. The van der Waals surface area contributed by atoms with Crippen molar-refractivity contribution in [1.82, 2.24) is 20.4 Å². The molecular weight excluding hydrogens is 584 g/mol. The zero-order valence-electron chi connectivity index (χ0n) is 23.6. The van der Waals surface area contributed by atoms with Crippen LogP contribution in [-0.2, 0) is 19.4 Å². The van der Waals surface area contributed by atoms with Gasteiger partial charge in [-0.2, -0.15) is 0 Å². The van der Waals surface area contributed by atoms with Crippen LogP contribution in [0.25, 0.3) is 0 Å². The number of hydrogen-bond donors (Lipinski definition) is 2. The number of likely N-dealkylation sites (N-methyl/N-ethyl adjacent to an activating group) is 1. The average molecular weight is 617 g/mol. The Bertz CT molecular complexity index is 1550. The van der Waals surface area contributed by atoms with E-state index in [2.05, 4.69) is 10.6 Å². The highest BCUT2D eigenvalue weighted by molar-refractivity contribution is 7.90. The van der Waals surface area contributed by atoms with Crippen LogP contribution in [0, 0.1) is 0 Å². The lowest BCUT2D eigenvalue weighted by atomic mass is 9.89. The van der Waals surface area contributed by atoms with Gasteiger partial charge in [-0.15, -0.1) is 0 Å². The molecule has 0 atom stereocenters. The van der Waals surface area contributed by atoms with Crippen molar-refractivity contribution in [3.05, 3.63) is 75.6 Å². The number of fused-ring (bicyclic) bond motifs is 1. The predicted molar refractivity (Wildman–Crippen MR) is 156 cm³/mol. The number of benzene rings is 2. The van der Waals surface area contributed by atoms with Crippen molar-refractivity contribution >= 4 is 44.8 Å². The lowest BCUT2D eigenvalue weighted by Gasteiger charge is -2.35. The van der Waals surface area contributed by atoms with Crippen molar-refractivity contribution in [3.8, 4) is 0 Å². The van der Waals surface area contributed by atoms with Crippen LogP contribution in [-0.4, -0.2) is 101 Å². The number of carbonyl (C=O) groups is 4. The van der Waals surface area contributed by atoms with E-state index in [0.717, 1.165) is 6.26 Å². The first-order valence-corrected chi connectivity index (χ1v) is 15.7. The first kappa shape index (κ1) is 31.4. The van der Waals surface area contributed by atoms with E-state index in [4.69, 9.17) is 16.3 Å². The standard InChI is InChI=1S/C29H33ClN4O7S/c1-31-25-26(28(37)21-7-5-4-6-20(21)27(25)36)34(14-15-41-2)24(35)17-33-12-10-18(11-13-33)32-29(38)22-9-8-19(16-23(22)30)42(3,39)40/h4-9,16,18,31H,10-15,17H2,1-3H3,(H,32,38). The van der Waals surface area contributed by atoms with Gasteiger partial charge in [-0.25, -0.2) is 8.42 Å². The number of likely N-dealkylation sites (tertiary alicyclic amines) is 1. The van der Waals surface area contributed by atoms with Crippen molar-refractivity contribution in [2.75, 3.05) is 53.2 Å². The summed E-state index contributed by atoms with van der Waals surface area (Å²) in [7, 11) is -0.422. The second-order valence-corrected chi connectivity index (χ2v) is 12.6. The van der Waals surface area contributed by atoms with Crippen molar-refractivity contribution < 1.29 is 32.3 Å². The maximum Gasteiger partial charge on any atom is 0.253 e. The molecule has 1 aliphatic heterocycles. The molecule has 1 saturated heterocycles. The number of methoxy groups -OCH3 is 1. The normalized spacial score (nSPS) is 16.3. The Hall–Kier alpha value is -3.58. The van der Waals surface area contributed by atoms with Crippen LogP contribution in [0.15, 0.2) is 58.8 Å². The summed E-state index contributed by atoms with van der Waals surface area (Å²) in [5.41, 5.74) is 0.773. The largest absolute Gasteiger partial charge is 0.383 e. The van der Waals surface area contributed by atoms with E-state index in [1.807, 2.05) is 4.90 Å². The number of piperidine rings is 1. The van der Waals surface area contributed by atoms with Crippen molar-refractivity contribution in [2.45, 2.75) is 23.8 Å². The van der Waals surface area contributed by atoms with Gasteiger partial charge in [-0.3, -0.25) is 24.1 Å². The van der Waals surface area contributed by atoms with Gasteiger partial charge in [0.05, 0.1) is 28.6 Å². The molecule has 0 aromatic heterocycles. The first-order chi connectivity index (χ1) is 20.0. The first-order valence-electron chi connectivity index (χ1n) is 13.4. The highest BCUT2D eigenvalue weighted by Gasteiger charge is 2.37. The van der Waals surface area contributed by atoms with Gasteiger partial charge < -0.3 is 20.3 Å². The fourth-order valence-corrected chi connectivity index (χ4v) is 6.06. The van der Waals surface area contributed by atoms with E-state index in [1.54, 1.807) is 31.3 Å². The third kappa shape index (κ3) is 6.73. The maximum atomic E-state index is 13.6. The van der Waals surface area contributed by atoms with Gasteiger partial charge >= 0.3 is 0 Å². The second kappa shape index (κ2) is 13.2. The molecule has 224 valence electrons. The van der Waals surface area contributed by atoms with Crippen LogP contribution in [0.4, 0.5) is 0 Å². The zero-order chi connectivity index (χ0) is 30.6. The Morgan fingerprint density at radius 2 is 1.71 bits per heavy atom. The Labute approximate surface area is 249 Å². The average Bonchev–Trinajstić information content (AvgIpc) is 2.96. The third-order valence-corrected chi connectivity index (χ3v) is 8.75. The zero-order valence-corrected chi connectivity index (χ0v) is 25.2.